The minimum atomic E-state index is -0.573. The minimum Gasteiger partial charge on any atom is -0.340 e. The summed E-state index contributed by atoms with van der Waals surface area (Å²) in [6.07, 6.45) is 1.72. The summed E-state index contributed by atoms with van der Waals surface area (Å²) >= 11 is 6.09. The molecular weight excluding hydrogens is 430 g/mol. The van der Waals surface area contributed by atoms with E-state index in [0.717, 1.165) is 27.8 Å². The van der Waals surface area contributed by atoms with E-state index in [9.17, 15) is 4.79 Å². The molecule has 5 heteroatoms. The van der Waals surface area contributed by atoms with Crippen LogP contribution in [0, 0.1) is 13.8 Å². The Bertz CT molecular complexity index is 1300. The van der Waals surface area contributed by atoms with Gasteiger partial charge in [0.2, 0.25) is 5.82 Å². The monoisotopic (exact) mass is 455 g/mol. The molecule has 1 N–H and O–H groups in total. The number of nitrogens with zero attached hydrogens (tertiary/aromatic N) is 2. The van der Waals surface area contributed by atoms with E-state index in [1.165, 1.54) is 5.56 Å². The molecule has 0 spiro atoms. The van der Waals surface area contributed by atoms with Gasteiger partial charge >= 0.3 is 0 Å². The molecule has 166 valence electrons. The summed E-state index contributed by atoms with van der Waals surface area (Å²) < 4.78 is 0. The molecule has 0 saturated carbocycles. The number of aromatic nitrogens is 2. The van der Waals surface area contributed by atoms with Crippen LogP contribution in [-0.4, -0.2) is 15.9 Å². The number of benzene rings is 3. The van der Waals surface area contributed by atoms with Gasteiger partial charge in [-0.3, -0.25) is 4.79 Å². The van der Waals surface area contributed by atoms with Crippen LogP contribution in [0.1, 0.15) is 41.2 Å². The Balaban J connectivity index is 1.78. The molecule has 4 aromatic rings. The SMILES string of the molecule is Cc1ccc(-c2nc(C(=O)NC(C)(C)c3ccccc3)ncc2-c2ccc(Cl)cc2)c(C)c1. The number of nitrogens with one attached hydrogen (secondary N) is 1. The molecular formula is C28H26ClN3O. The number of amides is 1. The fourth-order valence-electron chi connectivity index (χ4n) is 3.88. The van der Waals surface area contributed by atoms with E-state index < -0.39 is 5.54 Å². The number of hydrogen-bond acceptors (Lipinski definition) is 3. The average Bonchev–Trinajstić information content (AvgIpc) is 2.80. The van der Waals surface area contributed by atoms with Gasteiger partial charge in [0.05, 0.1) is 11.2 Å². The van der Waals surface area contributed by atoms with Gasteiger partial charge in [-0.05, 0) is 56.5 Å². The van der Waals surface area contributed by atoms with Crippen molar-refractivity contribution in [2.75, 3.05) is 0 Å². The lowest BCUT2D eigenvalue weighted by atomic mass is 9.94. The van der Waals surface area contributed by atoms with Crippen molar-refractivity contribution in [2.24, 2.45) is 0 Å². The quantitative estimate of drug-likeness (QED) is 0.362. The van der Waals surface area contributed by atoms with Crippen molar-refractivity contribution in [3.05, 3.63) is 107 Å². The predicted octanol–water partition coefficient (Wildman–Crippen LogP) is 6.75. The molecule has 1 aromatic heterocycles. The van der Waals surface area contributed by atoms with Gasteiger partial charge in [0.1, 0.15) is 0 Å². The summed E-state index contributed by atoms with van der Waals surface area (Å²) in [6.45, 7) is 8.04. The van der Waals surface area contributed by atoms with Crippen LogP contribution in [0.5, 0.6) is 0 Å². The van der Waals surface area contributed by atoms with Crippen LogP contribution in [0.25, 0.3) is 22.4 Å². The fraction of sp³-hybridized carbons (Fsp3) is 0.179. The average molecular weight is 456 g/mol. The molecule has 0 fully saturated rings. The first-order valence-electron chi connectivity index (χ1n) is 10.8. The Labute approximate surface area is 199 Å². The van der Waals surface area contributed by atoms with Crippen molar-refractivity contribution >= 4 is 17.5 Å². The van der Waals surface area contributed by atoms with Gasteiger partial charge in [0, 0.05) is 22.3 Å². The van der Waals surface area contributed by atoms with E-state index in [4.69, 9.17) is 16.6 Å². The zero-order valence-electron chi connectivity index (χ0n) is 19.2. The summed E-state index contributed by atoms with van der Waals surface area (Å²) in [5, 5.41) is 3.74. The third kappa shape index (κ3) is 4.96. The molecule has 4 rings (SSSR count). The summed E-state index contributed by atoms with van der Waals surface area (Å²) in [5.41, 5.74) is 6.14. The van der Waals surface area contributed by atoms with E-state index in [0.29, 0.717) is 10.7 Å². The Morgan fingerprint density at radius 3 is 2.27 bits per heavy atom. The van der Waals surface area contributed by atoms with Gasteiger partial charge in [-0.25, -0.2) is 9.97 Å². The second-order valence-corrected chi connectivity index (χ2v) is 9.16. The van der Waals surface area contributed by atoms with Crippen molar-refractivity contribution in [1.29, 1.82) is 0 Å². The summed E-state index contributed by atoms with van der Waals surface area (Å²) in [7, 11) is 0. The summed E-state index contributed by atoms with van der Waals surface area (Å²) in [4.78, 5) is 22.4. The van der Waals surface area contributed by atoms with Crippen molar-refractivity contribution in [1.82, 2.24) is 15.3 Å². The molecule has 1 heterocycles. The van der Waals surface area contributed by atoms with Gasteiger partial charge in [-0.2, -0.15) is 0 Å². The number of rotatable bonds is 5. The van der Waals surface area contributed by atoms with Crippen LogP contribution in [0.4, 0.5) is 0 Å². The van der Waals surface area contributed by atoms with E-state index in [2.05, 4.69) is 23.3 Å². The minimum absolute atomic E-state index is 0.131. The van der Waals surface area contributed by atoms with Crippen molar-refractivity contribution in [3.8, 4) is 22.4 Å². The molecule has 1 amide bonds. The number of hydrogen-bond donors (Lipinski definition) is 1. The molecule has 4 nitrogen and oxygen atoms in total. The highest BCUT2D eigenvalue weighted by Gasteiger charge is 2.25. The molecule has 0 atom stereocenters. The maximum atomic E-state index is 13.2. The third-order valence-corrected chi connectivity index (χ3v) is 5.96. The first-order valence-corrected chi connectivity index (χ1v) is 11.2. The van der Waals surface area contributed by atoms with Crippen molar-refractivity contribution in [3.63, 3.8) is 0 Å². The van der Waals surface area contributed by atoms with E-state index in [1.54, 1.807) is 6.20 Å². The Morgan fingerprint density at radius 1 is 0.909 bits per heavy atom. The van der Waals surface area contributed by atoms with Gasteiger partial charge in [0.25, 0.3) is 5.91 Å². The van der Waals surface area contributed by atoms with Crippen LogP contribution in [-0.2, 0) is 5.54 Å². The van der Waals surface area contributed by atoms with Crippen LogP contribution in [0.15, 0.2) is 79.0 Å². The normalized spacial score (nSPS) is 11.3. The Morgan fingerprint density at radius 2 is 1.61 bits per heavy atom. The molecule has 0 radical (unpaired) electrons. The van der Waals surface area contributed by atoms with Gasteiger partial charge < -0.3 is 5.32 Å². The Kier molecular flexibility index (Phi) is 6.30. The molecule has 33 heavy (non-hydrogen) atoms. The first-order chi connectivity index (χ1) is 15.7. The second kappa shape index (κ2) is 9.16. The zero-order valence-corrected chi connectivity index (χ0v) is 19.9. The first kappa shape index (κ1) is 22.7. The lowest BCUT2D eigenvalue weighted by Crippen LogP contribution is -2.41. The Hall–Kier alpha value is -3.50. The van der Waals surface area contributed by atoms with Crippen LogP contribution in [0.2, 0.25) is 5.02 Å². The highest BCUT2D eigenvalue weighted by Crippen LogP contribution is 2.33. The summed E-state index contributed by atoms with van der Waals surface area (Å²) in [5.74, 6) is -0.191. The lowest BCUT2D eigenvalue weighted by molar-refractivity contribution is 0.0901. The van der Waals surface area contributed by atoms with Gasteiger partial charge in [0.15, 0.2) is 0 Å². The smallest absolute Gasteiger partial charge is 0.289 e. The van der Waals surface area contributed by atoms with Gasteiger partial charge in [-0.15, -0.1) is 0 Å². The standard InChI is InChI=1S/C28H26ClN3O/c1-18-10-15-23(19(2)16-18)25-24(20-11-13-22(29)14-12-20)17-30-26(31-25)27(33)32-28(3,4)21-8-6-5-7-9-21/h5-17H,1-4H3,(H,32,33). The van der Waals surface area contributed by atoms with Gasteiger partial charge in [-0.1, -0.05) is 77.8 Å². The number of carbonyl (C=O) groups is 1. The molecule has 0 unspecified atom stereocenters. The lowest BCUT2D eigenvalue weighted by Gasteiger charge is -2.26. The van der Waals surface area contributed by atoms with Crippen LogP contribution in [0.3, 0.4) is 0 Å². The number of aryl methyl sites for hydroxylation is 2. The van der Waals surface area contributed by atoms with E-state index in [1.807, 2.05) is 87.5 Å². The largest absolute Gasteiger partial charge is 0.340 e. The van der Waals surface area contributed by atoms with Crippen LogP contribution >= 0.6 is 11.6 Å². The molecule has 0 bridgehead atoms. The van der Waals surface area contributed by atoms with Crippen molar-refractivity contribution < 1.29 is 4.79 Å². The van der Waals surface area contributed by atoms with E-state index >= 15 is 0 Å². The maximum absolute atomic E-state index is 13.2. The zero-order chi connectivity index (χ0) is 23.6. The molecule has 0 aliphatic rings. The van der Waals surface area contributed by atoms with E-state index in [-0.39, 0.29) is 11.7 Å². The van der Waals surface area contributed by atoms with Crippen molar-refractivity contribution in [2.45, 2.75) is 33.2 Å². The highest BCUT2D eigenvalue weighted by atomic mass is 35.5. The predicted molar refractivity (Wildman–Crippen MR) is 134 cm³/mol. The second-order valence-electron chi connectivity index (χ2n) is 8.73. The topological polar surface area (TPSA) is 54.9 Å². The molecule has 0 aliphatic heterocycles. The number of carbonyl (C=O) groups excluding carboxylic acids is 1. The molecule has 0 saturated heterocycles. The number of halogens is 1. The molecule has 3 aromatic carbocycles. The molecule has 0 aliphatic carbocycles. The summed E-state index contributed by atoms with van der Waals surface area (Å²) in [6, 6.07) is 23.6. The fourth-order valence-corrected chi connectivity index (χ4v) is 4.01. The highest BCUT2D eigenvalue weighted by molar-refractivity contribution is 6.30. The van der Waals surface area contributed by atoms with Crippen LogP contribution < -0.4 is 5.32 Å². The maximum Gasteiger partial charge on any atom is 0.289 e. The third-order valence-electron chi connectivity index (χ3n) is 5.71.